The van der Waals surface area contributed by atoms with Crippen LogP contribution in [0.4, 0.5) is 5.00 Å². The maximum atomic E-state index is 11.6. The van der Waals surface area contributed by atoms with E-state index in [4.69, 9.17) is 10.5 Å². The lowest BCUT2D eigenvalue weighted by atomic mass is 9.96. The van der Waals surface area contributed by atoms with Crippen LogP contribution in [0.2, 0.25) is 0 Å². The highest BCUT2D eigenvalue weighted by atomic mass is 32.1. The van der Waals surface area contributed by atoms with Gasteiger partial charge in [-0.1, -0.05) is 12.8 Å². The van der Waals surface area contributed by atoms with E-state index in [1.165, 1.54) is 44.1 Å². The van der Waals surface area contributed by atoms with E-state index in [0.29, 0.717) is 16.5 Å². The van der Waals surface area contributed by atoms with E-state index in [1.54, 1.807) is 0 Å². The Morgan fingerprint density at radius 3 is 2.80 bits per heavy atom. The summed E-state index contributed by atoms with van der Waals surface area (Å²) in [5.41, 5.74) is 7.51. The number of nitrogens with two attached hydrogens (primary N) is 1. The molecule has 1 saturated carbocycles. The molecule has 4 heteroatoms. The van der Waals surface area contributed by atoms with Gasteiger partial charge in [-0.3, -0.25) is 0 Å². The molecule has 0 aliphatic heterocycles. The van der Waals surface area contributed by atoms with E-state index in [-0.39, 0.29) is 5.97 Å². The molecule has 0 aromatic carbocycles. The number of rotatable bonds is 2. The van der Waals surface area contributed by atoms with Crippen molar-refractivity contribution >= 4 is 22.3 Å². The van der Waals surface area contributed by atoms with Crippen molar-refractivity contribution in [3.05, 3.63) is 16.5 Å². The Morgan fingerprint density at radius 2 is 2.20 bits per heavy atom. The maximum Gasteiger partial charge on any atom is 0.341 e. The van der Waals surface area contributed by atoms with Gasteiger partial charge in [0.05, 0.1) is 12.7 Å². The van der Waals surface area contributed by atoms with E-state index >= 15 is 0 Å². The standard InChI is InChI=1S/C11H15NO2S/c1-14-11(13)9-8(6-15-10(9)12)7-4-2-3-5-7/h6-7H,2-5,12H2,1H3. The van der Waals surface area contributed by atoms with Crippen molar-refractivity contribution in [2.45, 2.75) is 31.6 Å². The number of carbonyl (C=O) groups excluding carboxylic acids is 1. The molecule has 3 nitrogen and oxygen atoms in total. The van der Waals surface area contributed by atoms with Crippen LogP contribution in [0, 0.1) is 0 Å². The van der Waals surface area contributed by atoms with Crippen LogP contribution in [-0.2, 0) is 4.74 Å². The molecule has 2 rings (SSSR count). The fourth-order valence-electron chi connectivity index (χ4n) is 2.24. The number of methoxy groups -OCH3 is 1. The summed E-state index contributed by atoms with van der Waals surface area (Å²) in [6.07, 6.45) is 4.84. The second-order valence-electron chi connectivity index (χ2n) is 3.90. The first-order valence-electron chi connectivity index (χ1n) is 5.19. The van der Waals surface area contributed by atoms with Crippen molar-refractivity contribution in [1.29, 1.82) is 0 Å². The maximum absolute atomic E-state index is 11.6. The Labute approximate surface area is 93.2 Å². The van der Waals surface area contributed by atoms with Gasteiger partial charge in [-0.15, -0.1) is 11.3 Å². The van der Waals surface area contributed by atoms with E-state index < -0.39 is 0 Å². The number of nitrogen functional groups attached to an aromatic ring is 1. The van der Waals surface area contributed by atoms with E-state index in [2.05, 4.69) is 0 Å². The lowest BCUT2D eigenvalue weighted by Gasteiger charge is -2.09. The molecule has 0 amide bonds. The molecular formula is C11H15NO2S. The summed E-state index contributed by atoms with van der Waals surface area (Å²) < 4.78 is 4.76. The minimum atomic E-state index is -0.296. The molecule has 0 saturated heterocycles. The molecular weight excluding hydrogens is 210 g/mol. The number of ether oxygens (including phenoxy) is 1. The lowest BCUT2D eigenvalue weighted by molar-refractivity contribution is 0.0600. The molecule has 0 radical (unpaired) electrons. The molecule has 0 spiro atoms. The Kier molecular flexibility index (Phi) is 2.95. The van der Waals surface area contributed by atoms with Crippen LogP contribution in [0.15, 0.2) is 5.38 Å². The van der Waals surface area contributed by atoms with Gasteiger partial charge >= 0.3 is 5.97 Å². The second kappa shape index (κ2) is 4.23. The summed E-state index contributed by atoms with van der Waals surface area (Å²) in [4.78, 5) is 11.6. The first-order valence-corrected chi connectivity index (χ1v) is 6.07. The van der Waals surface area contributed by atoms with Crippen LogP contribution in [0.3, 0.4) is 0 Å². The lowest BCUT2D eigenvalue weighted by Crippen LogP contribution is -2.07. The van der Waals surface area contributed by atoms with Gasteiger partial charge < -0.3 is 10.5 Å². The summed E-state index contributed by atoms with van der Waals surface area (Å²) in [5, 5.41) is 2.60. The van der Waals surface area contributed by atoms with Crippen molar-refractivity contribution in [3.8, 4) is 0 Å². The van der Waals surface area contributed by atoms with Gasteiger partial charge in [-0.25, -0.2) is 4.79 Å². The van der Waals surface area contributed by atoms with E-state index in [9.17, 15) is 4.79 Å². The third kappa shape index (κ3) is 1.86. The van der Waals surface area contributed by atoms with Crippen LogP contribution in [0.1, 0.15) is 47.5 Å². The Bertz CT molecular complexity index is 367. The fourth-order valence-corrected chi connectivity index (χ4v) is 3.13. The van der Waals surface area contributed by atoms with Crippen molar-refractivity contribution in [2.75, 3.05) is 12.8 Å². The van der Waals surface area contributed by atoms with Gasteiger partial charge in [0.2, 0.25) is 0 Å². The van der Waals surface area contributed by atoms with Gasteiger partial charge in [-0.05, 0) is 29.7 Å². The molecule has 15 heavy (non-hydrogen) atoms. The van der Waals surface area contributed by atoms with Gasteiger partial charge in [0.15, 0.2) is 0 Å². The second-order valence-corrected chi connectivity index (χ2v) is 4.81. The summed E-state index contributed by atoms with van der Waals surface area (Å²) in [5.74, 6) is 0.211. The first-order chi connectivity index (χ1) is 7.24. The van der Waals surface area contributed by atoms with Gasteiger partial charge in [-0.2, -0.15) is 0 Å². The number of hydrogen-bond donors (Lipinski definition) is 1. The number of anilines is 1. The van der Waals surface area contributed by atoms with Crippen molar-refractivity contribution < 1.29 is 9.53 Å². The fraction of sp³-hybridized carbons (Fsp3) is 0.545. The number of esters is 1. The van der Waals surface area contributed by atoms with Gasteiger partial charge in [0, 0.05) is 0 Å². The van der Waals surface area contributed by atoms with E-state index in [0.717, 1.165) is 5.56 Å². The first kappa shape index (κ1) is 10.5. The third-order valence-electron chi connectivity index (χ3n) is 3.03. The number of hydrogen-bond acceptors (Lipinski definition) is 4. The molecule has 1 aromatic rings. The van der Waals surface area contributed by atoms with Crippen molar-refractivity contribution in [3.63, 3.8) is 0 Å². The third-order valence-corrected chi connectivity index (χ3v) is 3.86. The predicted molar refractivity (Wildman–Crippen MR) is 61.3 cm³/mol. The molecule has 1 aromatic heterocycles. The Balaban J connectivity index is 2.34. The quantitative estimate of drug-likeness (QED) is 0.787. The number of thiophene rings is 1. The highest BCUT2D eigenvalue weighted by molar-refractivity contribution is 7.14. The molecule has 1 heterocycles. The average molecular weight is 225 g/mol. The Morgan fingerprint density at radius 1 is 1.53 bits per heavy atom. The predicted octanol–water partition coefficient (Wildman–Crippen LogP) is 2.77. The molecule has 1 aliphatic rings. The Hall–Kier alpha value is -1.03. The molecule has 2 N–H and O–H groups in total. The van der Waals surface area contributed by atoms with Crippen LogP contribution >= 0.6 is 11.3 Å². The summed E-state index contributed by atoms with van der Waals surface area (Å²) in [6, 6.07) is 0. The van der Waals surface area contributed by atoms with Crippen LogP contribution in [-0.4, -0.2) is 13.1 Å². The zero-order chi connectivity index (χ0) is 10.8. The molecule has 0 unspecified atom stereocenters. The molecule has 1 aliphatic carbocycles. The molecule has 1 fully saturated rings. The topological polar surface area (TPSA) is 52.3 Å². The summed E-state index contributed by atoms with van der Waals surface area (Å²) >= 11 is 1.44. The highest BCUT2D eigenvalue weighted by Crippen LogP contribution is 2.40. The smallest absolute Gasteiger partial charge is 0.341 e. The largest absolute Gasteiger partial charge is 0.465 e. The summed E-state index contributed by atoms with van der Waals surface area (Å²) in [6.45, 7) is 0. The zero-order valence-electron chi connectivity index (χ0n) is 8.79. The van der Waals surface area contributed by atoms with Crippen LogP contribution in [0.25, 0.3) is 0 Å². The van der Waals surface area contributed by atoms with Crippen LogP contribution in [0.5, 0.6) is 0 Å². The SMILES string of the molecule is COC(=O)c1c(C2CCCC2)csc1N. The number of carbonyl (C=O) groups is 1. The van der Waals surface area contributed by atoms with Gasteiger partial charge in [0.25, 0.3) is 0 Å². The monoisotopic (exact) mass is 225 g/mol. The molecule has 82 valence electrons. The molecule has 0 bridgehead atoms. The zero-order valence-corrected chi connectivity index (χ0v) is 9.60. The normalized spacial score (nSPS) is 16.9. The van der Waals surface area contributed by atoms with Crippen molar-refractivity contribution in [1.82, 2.24) is 0 Å². The van der Waals surface area contributed by atoms with Crippen LogP contribution < -0.4 is 5.73 Å². The minimum Gasteiger partial charge on any atom is -0.465 e. The van der Waals surface area contributed by atoms with E-state index in [1.807, 2.05) is 5.38 Å². The van der Waals surface area contributed by atoms with Crippen molar-refractivity contribution in [2.24, 2.45) is 0 Å². The molecule has 0 atom stereocenters. The average Bonchev–Trinajstić information content (AvgIpc) is 2.85. The summed E-state index contributed by atoms with van der Waals surface area (Å²) in [7, 11) is 1.40. The highest BCUT2D eigenvalue weighted by Gasteiger charge is 2.26. The minimum absolute atomic E-state index is 0.296. The van der Waals surface area contributed by atoms with Gasteiger partial charge in [0.1, 0.15) is 5.00 Å².